The van der Waals surface area contributed by atoms with Gasteiger partial charge in [-0.05, 0) is 44.7 Å². The first-order chi connectivity index (χ1) is 12.6. The fourth-order valence-corrected chi connectivity index (χ4v) is 3.12. The second kappa shape index (κ2) is 10.8. The van der Waals surface area contributed by atoms with Gasteiger partial charge in [0.25, 0.3) is 0 Å². The number of amides is 2. The molecule has 0 aliphatic carbocycles. The Kier molecular flexibility index (Phi) is 8.45. The molecule has 0 aromatic heterocycles. The van der Waals surface area contributed by atoms with Crippen LogP contribution < -0.4 is 10.1 Å². The van der Waals surface area contributed by atoms with Gasteiger partial charge in [0.1, 0.15) is 5.75 Å². The molecule has 5 nitrogen and oxygen atoms in total. The number of rotatable bonds is 9. The Morgan fingerprint density at radius 2 is 1.81 bits per heavy atom. The number of carbonyl (C=O) groups excluding carboxylic acids is 2. The zero-order valence-electron chi connectivity index (χ0n) is 16.1. The van der Waals surface area contributed by atoms with Crippen molar-refractivity contribution in [1.29, 1.82) is 0 Å². The van der Waals surface area contributed by atoms with Gasteiger partial charge in [0.05, 0.1) is 6.61 Å². The molecule has 0 radical (unpaired) electrons. The Bertz CT molecular complexity index is 563. The summed E-state index contributed by atoms with van der Waals surface area (Å²) in [4.78, 5) is 26.0. The van der Waals surface area contributed by atoms with E-state index in [9.17, 15) is 9.59 Å². The van der Waals surface area contributed by atoms with E-state index in [1.807, 2.05) is 36.1 Å². The average molecular weight is 360 g/mol. The fourth-order valence-electron chi connectivity index (χ4n) is 3.12. The van der Waals surface area contributed by atoms with Crippen LogP contribution in [-0.2, 0) is 9.59 Å². The Labute approximate surface area is 157 Å². The van der Waals surface area contributed by atoms with E-state index < -0.39 is 0 Å². The van der Waals surface area contributed by atoms with Gasteiger partial charge < -0.3 is 15.0 Å². The van der Waals surface area contributed by atoms with E-state index in [1.54, 1.807) is 0 Å². The van der Waals surface area contributed by atoms with Crippen LogP contribution in [0.4, 0.5) is 0 Å². The molecule has 144 valence electrons. The molecule has 1 aromatic rings. The second-order valence-electron chi connectivity index (χ2n) is 7.09. The number of nitrogens with one attached hydrogen (secondary N) is 1. The Hall–Kier alpha value is -2.04. The van der Waals surface area contributed by atoms with E-state index in [0.717, 1.165) is 50.9 Å². The third-order valence-electron chi connectivity index (χ3n) is 4.79. The van der Waals surface area contributed by atoms with E-state index in [4.69, 9.17) is 4.74 Å². The van der Waals surface area contributed by atoms with Gasteiger partial charge in [0.2, 0.25) is 11.8 Å². The lowest BCUT2D eigenvalue weighted by molar-refractivity contribution is -0.132. The lowest BCUT2D eigenvalue weighted by Gasteiger charge is -2.32. The molecule has 5 heteroatoms. The third-order valence-corrected chi connectivity index (χ3v) is 4.79. The highest BCUT2D eigenvalue weighted by Crippen LogP contribution is 2.14. The largest absolute Gasteiger partial charge is 0.494 e. The summed E-state index contributed by atoms with van der Waals surface area (Å²) in [5.74, 6) is 1.18. The van der Waals surface area contributed by atoms with Gasteiger partial charge in [0, 0.05) is 32.0 Å². The minimum Gasteiger partial charge on any atom is -0.494 e. The summed E-state index contributed by atoms with van der Waals surface area (Å²) in [7, 11) is 0. The van der Waals surface area contributed by atoms with Crippen molar-refractivity contribution in [3.8, 4) is 5.75 Å². The van der Waals surface area contributed by atoms with E-state index in [1.165, 1.54) is 5.56 Å². The molecule has 1 aliphatic heterocycles. The first-order valence-electron chi connectivity index (χ1n) is 9.85. The topological polar surface area (TPSA) is 58.6 Å². The molecule has 1 N–H and O–H groups in total. The van der Waals surface area contributed by atoms with Crippen LogP contribution in [0.15, 0.2) is 24.3 Å². The van der Waals surface area contributed by atoms with Crippen LogP contribution in [0.1, 0.15) is 57.4 Å². The predicted octanol–water partition coefficient (Wildman–Crippen LogP) is 3.45. The Morgan fingerprint density at radius 1 is 1.12 bits per heavy atom. The van der Waals surface area contributed by atoms with Gasteiger partial charge in [-0.15, -0.1) is 0 Å². The van der Waals surface area contributed by atoms with Gasteiger partial charge in [-0.2, -0.15) is 0 Å². The van der Waals surface area contributed by atoms with Crippen molar-refractivity contribution in [2.75, 3.05) is 19.7 Å². The third kappa shape index (κ3) is 7.06. The van der Waals surface area contributed by atoms with Crippen LogP contribution in [0.3, 0.4) is 0 Å². The Balaban J connectivity index is 1.59. The van der Waals surface area contributed by atoms with Gasteiger partial charge in [-0.25, -0.2) is 0 Å². The highest BCUT2D eigenvalue weighted by atomic mass is 16.5. The van der Waals surface area contributed by atoms with Crippen LogP contribution in [-0.4, -0.2) is 42.5 Å². The smallest absolute Gasteiger partial charge is 0.222 e. The number of aryl methyl sites for hydroxylation is 1. The van der Waals surface area contributed by atoms with Gasteiger partial charge in [-0.3, -0.25) is 9.59 Å². The molecule has 0 saturated carbocycles. The number of benzene rings is 1. The summed E-state index contributed by atoms with van der Waals surface area (Å²) < 4.78 is 5.67. The highest BCUT2D eigenvalue weighted by molar-refractivity contribution is 5.77. The number of hydrogen-bond acceptors (Lipinski definition) is 3. The number of likely N-dealkylation sites (tertiary alicyclic amines) is 1. The molecule has 1 heterocycles. The summed E-state index contributed by atoms with van der Waals surface area (Å²) in [5.41, 5.74) is 1.21. The molecule has 0 atom stereocenters. The molecule has 0 spiro atoms. The van der Waals surface area contributed by atoms with Crippen molar-refractivity contribution < 1.29 is 14.3 Å². The maximum Gasteiger partial charge on any atom is 0.222 e. The molecule has 2 rings (SSSR count). The minimum absolute atomic E-state index is 0.143. The zero-order chi connectivity index (χ0) is 18.8. The maximum absolute atomic E-state index is 12.3. The minimum atomic E-state index is 0.143. The molecule has 1 fully saturated rings. The van der Waals surface area contributed by atoms with Crippen molar-refractivity contribution in [3.05, 3.63) is 29.8 Å². The number of unbranched alkanes of at least 4 members (excludes halogenated alkanes) is 1. The Morgan fingerprint density at radius 3 is 2.46 bits per heavy atom. The van der Waals surface area contributed by atoms with Crippen LogP contribution in [0, 0.1) is 6.92 Å². The van der Waals surface area contributed by atoms with Crippen molar-refractivity contribution in [1.82, 2.24) is 10.2 Å². The molecule has 1 aromatic carbocycles. The lowest BCUT2D eigenvalue weighted by atomic mass is 10.0. The maximum atomic E-state index is 12.3. The number of hydrogen-bond donors (Lipinski definition) is 1. The molecule has 26 heavy (non-hydrogen) atoms. The van der Waals surface area contributed by atoms with Crippen LogP contribution >= 0.6 is 0 Å². The first kappa shape index (κ1) is 20.3. The number of carbonyl (C=O) groups is 2. The zero-order valence-corrected chi connectivity index (χ0v) is 16.1. The number of ether oxygens (including phenoxy) is 1. The standard InChI is InChI=1S/C21H32N2O3/c1-3-4-6-20(24)22-18-12-14-23(15-13-18)21(25)7-5-16-26-19-10-8-17(2)9-11-19/h8-11,18H,3-7,12-16H2,1-2H3,(H,22,24). The summed E-state index contributed by atoms with van der Waals surface area (Å²) >= 11 is 0. The fraction of sp³-hybridized carbons (Fsp3) is 0.619. The molecule has 1 saturated heterocycles. The second-order valence-corrected chi connectivity index (χ2v) is 7.09. The van der Waals surface area contributed by atoms with Crippen LogP contribution in [0.5, 0.6) is 5.75 Å². The summed E-state index contributed by atoms with van der Waals surface area (Å²) in [6.45, 7) is 6.15. The van der Waals surface area contributed by atoms with E-state index in [-0.39, 0.29) is 17.9 Å². The molecule has 1 aliphatic rings. The van der Waals surface area contributed by atoms with Gasteiger partial charge in [0.15, 0.2) is 0 Å². The first-order valence-corrected chi connectivity index (χ1v) is 9.85. The monoisotopic (exact) mass is 360 g/mol. The van der Waals surface area contributed by atoms with E-state index in [0.29, 0.717) is 19.4 Å². The SMILES string of the molecule is CCCCC(=O)NC1CCN(C(=O)CCCOc2ccc(C)cc2)CC1. The van der Waals surface area contributed by atoms with Gasteiger partial charge in [-0.1, -0.05) is 31.0 Å². The highest BCUT2D eigenvalue weighted by Gasteiger charge is 2.23. The molecule has 2 amide bonds. The van der Waals surface area contributed by atoms with Crippen LogP contribution in [0.2, 0.25) is 0 Å². The molecule has 0 unspecified atom stereocenters. The molecular weight excluding hydrogens is 328 g/mol. The van der Waals surface area contributed by atoms with Crippen molar-refractivity contribution in [2.24, 2.45) is 0 Å². The average Bonchev–Trinajstić information content (AvgIpc) is 2.65. The van der Waals surface area contributed by atoms with Crippen LogP contribution in [0.25, 0.3) is 0 Å². The summed E-state index contributed by atoms with van der Waals surface area (Å²) in [6, 6.07) is 8.17. The predicted molar refractivity (Wildman–Crippen MR) is 103 cm³/mol. The quantitative estimate of drug-likeness (QED) is 0.686. The number of nitrogens with zero attached hydrogens (tertiary/aromatic N) is 1. The molecular formula is C21H32N2O3. The van der Waals surface area contributed by atoms with E-state index >= 15 is 0 Å². The summed E-state index contributed by atoms with van der Waals surface area (Å²) in [5, 5.41) is 3.09. The van der Waals surface area contributed by atoms with Gasteiger partial charge >= 0.3 is 0 Å². The molecule has 0 bridgehead atoms. The van der Waals surface area contributed by atoms with Crippen molar-refractivity contribution in [2.45, 2.75) is 64.8 Å². The lowest BCUT2D eigenvalue weighted by Crippen LogP contribution is -2.46. The van der Waals surface area contributed by atoms with E-state index in [2.05, 4.69) is 12.2 Å². The van der Waals surface area contributed by atoms with Crippen molar-refractivity contribution >= 4 is 11.8 Å². The van der Waals surface area contributed by atoms with Crippen molar-refractivity contribution in [3.63, 3.8) is 0 Å². The normalized spacial score (nSPS) is 14.9. The summed E-state index contributed by atoms with van der Waals surface area (Å²) in [6.07, 6.45) is 5.52. The number of piperidine rings is 1.